The van der Waals surface area contributed by atoms with Crippen molar-refractivity contribution >= 4 is 32.4 Å². The van der Waals surface area contributed by atoms with Crippen molar-refractivity contribution in [2.24, 2.45) is 0 Å². The molecule has 2 heteroatoms. The maximum atomic E-state index is 4.79. The van der Waals surface area contributed by atoms with E-state index in [1.165, 1.54) is 32.7 Å². The quantitative estimate of drug-likeness (QED) is 0.289. The molecule has 0 aliphatic carbocycles. The summed E-state index contributed by atoms with van der Waals surface area (Å²) in [6.45, 7) is 8.91. The molecule has 2 aromatic heterocycles. The molecule has 0 N–H and O–H groups in total. The molecule has 0 saturated carbocycles. The van der Waals surface area contributed by atoms with E-state index in [0.29, 0.717) is 0 Å². The van der Waals surface area contributed by atoms with E-state index < -0.39 is 0 Å². The smallest absolute Gasteiger partial charge is 0.0796 e. The average Bonchev–Trinajstić information content (AvgIpc) is 2.71. The van der Waals surface area contributed by atoms with Crippen LogP contribution in [0.2, 0.25) is 0 Å². The summed E-state index contributed by atoms with van der Waals surface area (Å²) in [5.41, 5.74) is 5.78. The fraction of sp³-hybridized carbons (Fsp3) is 0.185. The maximum absolute atomic E-state index is 4.79. The van der Waals surface area contributed by atoms with Gasteiger partial charge in [0.15, 0.2) is 0 Å². The summed E-state index contributed by atoms with van der Waals surface area (Å²) in [4.78, 5) is 9.54. The number of hydrogen-bond donors (Lipinski definition) is 0. The molecule has 0 fully saturated rings. The third kappa shape index (κ3) is 2.96. The van der Waals surface area contributed by atoms with Gasteiger partial charge < -0.3 is 0 Å². The monoisotopic (exact) mass is 376 g/mol. The number of aryl methyl sites for hydroxylation is 1. The van der Waals surface area contributed by atoms with Gasteiger partial charge in [0.05, 0.1) is 11.2 Å². The topological polar surface area (TPSA) is 25.8 Å². The summed E-state index contributed by atoms with van der Waals surface area (Å²) in [6.07, 6.45) is 3.90. The Morgan fingerprint density at radius 1 is 0.724 bits per heavy atom. The Balaban J connectivity index is 1.84. The Kier molecular flexibility index (Phi) is 3.92. The first-order valence-corrected chi connectivity index (χ1v) is 10.1. The minimum atomic E-state index is 0.0443. The molecule has 5 aromatic rings. The van der Waals surface area contributed by atoms with Gasteiger partial charge in [-0.1, -0.05) is 57.2 Å². The van der Waals surface area contributed by atoms with Gasteiger partial charge in [-0.15, -0.1) is 0 Å². The second-order valence-corrected chi connectivity index (χ2v) is 8.89. The molecule has 3 aromatic carbocycles. The Hall–Kier alpha value is -3.26. The van der Waals surface area contributed by atoms with Crippen LogP contribution in [0.1, 0.15) is 31.9 Å². The molecule has 5 rings (SSSR count). The third-order valence-corrected chi connectivity index (χ3v) is 5.71. The minimum absolute atomic E-state index is 0.0443. The van der Waals surface area contributed by atoms with Crippen molar-refractivity contribution in [1.29, 1.82) is 0 Å². The molecule has 0 unspecified atom stereocenters. The number of benzene rings is 3. The lowest BCUT2D eigenvalue weighted by atomic mass is 9.82. The molecular formula is C27H24N2. The third-order valence-electron chi connectivity index (χ3n) is 5.71. The van der Waals surface area contributed by atoms with Gasteiger partial charge >= 0.3 is 0 Å². The molecule has 2 heterocycles. The van der Waals surface area contributed by atoms with Gasteiger partial charge in [0.1, 0.15) is 0 Å². The highest BCUT2D eigenvalue weighted by molar-refractivity contribution is 6.10. The molecular weight excluding hydrogens is 352 g/mol. The van der Waals surface area contributed by atoms with Gasteiger partial charge in [0.2, 0.25) is 0 Å². The molecule has 142 valence electrons. The first kappa shape index (κ1) is 17.8. The van der Waals surface area contributed by atoms with Crippen molar-refractivity contribution in [3.8, 4) is 11.3 Å². The molecule has 0 atom stereocenters. The molecule has 0 aliphatic rings. The highest BCUT2D eigenvalue weighted by Crippen LogP contribution is 2.37. The first-order valence-electron chi connectivity index (χ1n) is 10.1. The van der Waals surface area contributed by atoms with E-state index in [4.69, 9.17) is 9.97 Å². The molecule has 0 amide bonds. The van der Waals surface area contributed by atoms with Crippen molar-refractivity contribution in [2.45, 2.75) is 33.1 Å². The van der Waals surface area contributed by atoms with Gasteiger partial charge in [-0.3, -0.25) is 9.97 Å². The van der Waals surface area contributed by atoms with E-state index in [1.54, 1.807) is 0 Å². The molecule has 29 heavy (non-hydrogen) atoms. The van der Waals surface area contributed by atoms with Crippen LogP contribution in [0.4, 0.5) is 0 Å². The fourth-order valence-corrected chi connectivity index (χ4v) is 4.25. The van der Waals surface area contributed by atoms with Gasteiger partial charge in [0, 0.05) is 28.7 Å². The highest BCUT2D eigenvalue weighted by atomic mass is 14.7. The summed E-state index contributed by atoms with van der Waals surface area (Å²) in [6, 6.07) is 21.8. The largest absolute Gasteiger partial charge is 0.256 e. The van der Waals surface area contributed by atoms with Gasteiger partial charge in [-0.25, -0.2) is 0 Å². The van der Waals surface area contributed by atoms with E-state index in [0.717, 1.165) is 22.2 Å². The molecule has 2 nitrogen and oxygen atoms in total. The zero-order valence-corrected chi connectivity index (χ0v) is 17.3. The lowest BCUT2D eigenvalue weighted by molar-refractivity contribution is 0.596. The van der Waals surface area contributed by atoms with Crippen molar-refractivity contribution in [3.05, 3.63) is 84.2 Å². The van der Waals surface area contributed by atoms with E-state index in [-0.39, 0.29) is 5.41 Å². The van der Waals surface area contributed by atoms with Crippen LogP contribution in [0, 0.1) is 6.92 Å². The zero-order valence-electron chi connectivity index (χ0n) is 17.3. The average molecular weight is 377 g/mol. The Bertz CT molecular complexity index is 1390. The molecule has 0 spiro atoms. The van der Waals surface area contributed by atoms with Crippen LogP contribution in [-0.4, -0.2) is 9.97 Å². The van der Waals surface area contributed by atoms with Crippen LogP contribution in [-0.2, 0) is 5.41 Å². The highest BCUT2D eigenvalue weighted by Gasteiger charge is 2.19. The van der Waals surface area contributed by atoms with Crippen LogP contribution in [0.5, 0.6) is 0 Å². The van der Waals surface area contributed by atoms with Crippen molar-refractivity contribution in [2.75, 3.05) is 0 Å². The molecule has 0 bridgehead atoms. The second-order valence-electron chi connectivity index (χ2n) is 8.89. The number of fused-ring (bicyclic) bond motifs is 4. The van der Waals surface area contributed by atoms with Gasteiger partial charge in [0.25, 0.3) is 0 Å². The van der Waals surface area contributed by atoms with Gasteiger partial charge in [-0.2, -0.15) is 0 Å². The lowest BCUT2D eigenvalue weighted by Gasteiger charge is -2.23. The zero-order chi connectivity index (χ0) is 20.2. The van der Waals surface area contributed by atoms with E-state index in [1.807, 2.05) is 12.4 Å². The van der Waals surface area contributed by atoms with Crippen LogP contribution < -0.4 is 0 Å². The second kappa shape index (κ2) is 6.38. The normalized spacial score (nSPS) is 12.1. The van der Waals surface area contributed by atoms with Crippen LogP contribution in [0.3, 0.4) is 0 Å². The standard InChI is InChI=1S/C27H24N2/c1-17-9-10-22-21-11-12-28-26(23(21)16-29-25(22)13-17)19-14-18-7-5-6-8-20(18)24(15-19)27(2,3)4/h5-16H,1-4H3. The fourth-order valence-electron chi connectivity index (χ4n) is 4.25. The molecule has 0 aliphatic heterocycles. The summed E-state index contributed by atoms with van der Waals surface area (Å²) < 4.78 is 0. The summed E-state index contributed by atoms with van der Waals surface area (Å²) >= 11 is 0. The Labute approximate surface area is 171 Å². The van der Waals surface area contributed by atoms with E-state index in [9.17, 15) is 0 Å². The maximum Gasteiger partial charge on any atom is 0.0796 e. The number of rotatable bonds is 1. The number of pyridine rings is 2. The SMILES string of the molecule is Cc1ccc2c(c1)ncc1c(-c3cc(C(C)(C)C)c4ccccc4c3)nccc12. The van der Waals surface area contributed by atoms with Crippen molar-refractivity contribution < 1.29 is 0 Å². The van der Waals surface area contributed by atoms with Crippen LogP contribution in [0.15, 0.2) is 73.1 Å². The van der Waals surface area contributed by atoms with E-state index >= 15 is 0 Å². The number of aromatic nitrogens is 2. The number of nitrogens with zero attached hydrogens (tertiary/aromatic N) is 2. The summed E-state index contributed by atoms with van der Waals surface area (Å²) in [5.74, 6) is 0. The van der Waals surface area contributed by atoms with Crippen LogP contribution in [0.25, 0.3) is 43.7 Å². The predicted molar refractivity (Wildman–Crippen MR) is 123 cm³/mol. The Morgan fingerprint density at radius 2 is 1.55 bits per heavy atom. The number of hydrogen-bond acceptors (Lipinski definition) is 2. The lowest BCUT2D eigenvalue weighted by Crippen LogP contribution is -2.12. The van der Waals surface area contributed by atoms with Gasteiger partial charge in [-0.05, 0) is 63.9 Å². The van der Waals surface area contributed by atoms with Crippen molar-refractivity contribution in [1.82, 2.24) is 9.97 Å². The van der Waals surface area contributed by atoms with E-state index in [2.05, 4.69) is 88.4 Å². The first-order chi connectivity index (χ1) is 13.9. The predicted octanol–water partition coefficient (Wildman–Crippen LogP) is 7.21. The Morgan fingerprint density at radius 3 is 2.38 bits per heavy atom. The summed E-state index contributed by atoms with van der Waals surface area (Å²) in [5, 5.41) is 6.03. The van der Waals surface area contributed by atoms with Crippen LogP contribution >= 0.6 is 0 Å². The van der Waals surface area contributed by atoms with Crippen molar-refractivity contribution in [3.63, 3.8) is 0 Å². The molecule has 0 radical (unpaired) electrons. The molecule has 0 saturated heterocycles. The minimum Gasteiger partial charge on any atom is -0.256 e. The summed E-state index contributed by atoms with van der Waals surface area (Å²) in [7, 11) is 0.